The van der Waals surface area contributed by atoms with Crippen molar-refractivity contribution in [3.8, 4) is 0 Å². The van der Waals surface area contributed by atoms with Gasteiger partial charge in [0.15, 0.2) is 0 Å². The molecule has 4 N–H and O–H groups in total. The molecule has 1 fully saturated rings. The Balaban J connectivity index is 1.85. The van der Waals surface area contributed by atoms with Gasteiger partial charge >= 0.3 is 0 Å². The van der Waals surface area contributed by atoms with Crippen molar-refractivity contribution in [3.05, 3.63) is 11.9 Å². The molecule has 0 saturated carbocycles. The molecule has 6 heteroatoms. The summed E-state index contributed by atoms with van der Waals surface area (Å²) in [6.07, 6.45) is 3.49. The van der Waals surface area contributed by atoms with Crippen LogP contribution in [0.5, 0.6) is 0 Å². The monoisotopic (exact) mass is 278 g/mol. The minimum absolute atomic E-state index is 0.599. The maximum Gasteiger partial charge on any atom is 0.145 e. The van der Waals surface area contributed by atoms with Crippen molar-refractivity contribution in [2.45, 2.75) is 33.1 Å². The first-order valence-corrected chi connectivity index (χ1v) is 7.52. The topological polar surface area (TPSA) is 79.1 Å². The summed E-state index contributed by atoms with van der Waals surface area (Å²) in [4.78, 5) is 11.3. The maximum atomic E-state index is 5.43. The normalized spacial score (nSPS) is 17.1. The first-order valence-electron chi connectivity index (χ1n) is 7.52. The Hall–Kier alpha value is -1.40. The van der Waals surface area contributed by atoms with Crippen molar-refractivity contribution < 1.29 is 0 Å². The summed E-state index contributed by atoms with van der Waals surface area (Å²) in [7, 11) is 0. The molecule has 1 unspecified atom stereocenters. The highest BCUT2D eigenvalue weighted by molar-refractivity contribution is 5.46. The number of likely N-dealkylation sites (tertiary alicyclic amines) is 1. The van der Waals surface area contributed by atoms with E-state index in [9.17, 15) is 0 Å². The Kier molecular flexibility index (Phi) is 5.55. The van der Waals surface area contributed by atoms with Crippen LogP contribution in [0.4, 0.5) is 11.6 Å². The highest BCUT2D eigenvalue weighted by atomic mass is 15.3. The van der Waals surface area contributed by atoms with Gasteiger partial charge in [-0.3, -0.25) is 0 Å². The molecule has 0 radical (unpaired) electrons. The van der Waals surface area contributed by atoms with Gasteiger partial charge in [-0.2, -0.15) is 0 Å². The molecule has 6 nitrogen and oxygen atoms in total. The van der Waals surface area contributed by atoms with Gasteiger partial charge in [0.1, 0.15) is 17.5 Å². The van der Waals surface area contributed by atoms with Crippen LogP contribution in [0.3, 0.4) is 0 Å². The number of hydrogen-bond donors (Lipinski definition) is 3. The molecule has 0 aliphatic carbocycles. The first kappa shape index (κ1) is 15.0. The third-order valence-corrected chi connectivity index (χ3v) is 3.64. The van der Waals surface area contributed by atoms with Crippen molar-refractivity contribution in [2.24, 2.45) is 11.8 Å². The van der Waals surface area contributed by atoms with Gasteiger partial charge in [-0.1, -0.05) is 13.8 Å². The Morgan fingerprint density at radius 1 is 1.30 bits per heavy atom. The Morgan fingerprint density at radius 3 is 2.65 bits per heavy atom. The standard InChI is InChI=1S/C14H26N6/c1-3-12-17-13(8-14(18-12)19-15)16-9-11(2)10-20-6-4-5-7-20/h8,11H,3-7,9-10,15H2,1-2H3,(H2,16,17,18,19). The van der Waals surface area contributed by atoms with Crippen LogP contribution < -0.4 is 16.6 Å². The molecule has 0 bridgehead atoms. The number of nitrogens with zero attached hydrogens (tertiary/aromatic N) is 3. The van der Waals surface area contributed by atoms with E-state index in [1.807, 2.05) is 13.0 Å². The van der Waals surface area contributed by atoms with Crippen molar-refractivity contribution in [1.29, 1.82) is 0 Å². The molecule has 2 rings (SSSR count). The second-order valence-electron chi connectivity index (χ2n) is 5.55. The zero-order chi connectivity index (χ0) is 14.4. The number of nitrogens with two attached hydrogens (primary N) is 1. The summed E-state index contributed by atoms with van der Waals surface area (Å²) in [5.41, 5.74) is 2.59. The molecule has 20 heavy (non-hydrogen) atoms. The summed E-state index contributed by atoms with van der Waals surface area (Å²) >= 11 is 0. The van der Waals surface area contributed by atoms with Crippen molar-refractivity contribution in [1.82, 2.24) is 14.9 Å². The number of rotatable bonds is 7. The molecule has 0 spiro atoms. The van der Waals surface area contributed by atoms with Gasteiger partial charge in [0.05, 0.1) is 0 Å². The second-order valence-corrected chi connectivity index (χ2v) is 5.55. The van der Waals surface area contributed by atoms with E-state index in [2.05, 4.69) is 32.5 Å². The highest BCUT2D eigenvalue weighted by Gasteiger charge is 2.14. The van der Waals surface area contributed by atoms with E-state index in [0.29, 0.717) is 11.7 Å². The molecule has 1 saturated heterocycles. The van der Waals surface area contributed by atoms with Crippen molar-refractivity contribution in [2.75, 3.05) is 36.9 Å². The van der Waals surface area contributed by atoms with Gasteiger partial charge in [0.2, 0.25) is 0 Å². The fourth-order valence-corrected chi connectivity index (χ4v) is 2.57. The maximum absolute atomic E-state index is 5.43. The number of nitrogen functional groups attached to an aromatic ring is 1. The number of hydrazine groups is 1. The molecule has 1 aromatic heterocycles. The zero-order valence-electron chi connectivity index (χ0n) is 12.5. The van der Waals surface area contributed by atoms with Crippen LogP contribution in [0.2, 0.25) is 0 Å². The average Bonchev–Trinajstić information content (AvgIpc) is 2.97. The number of aryl methyl sites for hydroxylation is 1. The summed E-state index contributed by atoms with van der Waals surface area (Å²) in [5.74, 6) is 8.34. The molecule has 0 aromatic carbocycles. The van der Waals surface area contributed by atoms with Crippen LogP contribution in [0.15, 0.2) is 6.07 Å². The van der Waals surface area contributed by atoms with Crippen LogP contribution in [0, 0.1) is 5.92 Å². The van der Waals surface area contributed by atoms with Crippen LogP contribution in [-0.2, 0) is 6.42 Å². The molecule has 1 aliphatic heterocycles. The quantitative estimate of drug-likeness (QED) is 0.518. The van der Waals surface area contributed by atoms with Crippen molar-refractivity contribution in [3.63, 3.8) is 0 Å². The summed E-state index contributed by atoms with van der Waals surface area (Å²) in [5, 5.41) is 3.39. The first-order chi connectivity index (χ1) is 9.71. The Morgan fingerprint density at radius 2 is 2.00 bits per heavy atom. The van der Waals surface area contributed by atoms with E-state index in [1.54, 1.807) is 0 Å². The van der Waals surface area contributed by atoms with E-state index in [-0.39, 0.29) is 0 Å². The molecular formula is C14H26N6. The van der Waals surface area contributed by atoms with Gasteiger partial charge in [-0.25, -0.2) is 15.8 Å². The van der Waals surface area contributed by atoms with E-state index in [0.717, 1.165) is 31.2 Å². The predicted octanol–water partition coefficient (Wildman–Crippen LogP) is 1.47. The summed E-state index contributed by atoms with van der Waals surface area (Å²) in [6.45, 7) is 8.88. The van der Waals surface area contributed by atoms with E-state index in [1.165, 1.54) is 25.9 Å². The number of nitrogens with one attached hydrogen (secondary N) is 2. The smallest absolute Gasteiger partial charge is 0.145 e. The number of aromatic nitrogens is 2. The lowest BCUT2D eigenvalue weighted by molar-refractivity contribution is 0.294. The molecule has 2 heterocycles. The predicted molar refractivity (Wildman–Crippen MR) is 82.5 cm³/mol. The molecule has 0 amide bonds. The van der Waals surface area contributed by atoms with Crippen molar-refractivity contribution >= 4 is 11.6 Å². The molecule has 1 aromatic rings. The fraction of sp³-hybridized carbons (Fsp3) is 0.714. The third kappa shape index (κ3) is 4.31. The molecule has 112 valence electrons. The Bertz CT molecular complexity index is 394. The van der Waals surface area contributed by atoms with E-state index < -0.39 is 0 Å². The van der Waals surface area contributed by atoms with Crippen LogP contribution in [0.25, 0.3) is 0 Å². The van der Waals surface area contributed by atoms with E-state index in [4.69, 9.17) is 5.84 Å². The van der Waals surface area contributed by atoms with Gasteiger partial charge in [0, 0.05) is 25.6 Å². The van der Waals surface area contributed by atoms with E-state index >= 15 is 0 Å². The average molecular weight is 278 g/mol. The highest BCUT2D eigenvalue weighted by Crippen LogP contribution is 2.13. The van der Waals surface area contributed by atoms with Crippen LogP contribution in [0.1, 0.15) is 32.5 Å². The second kappa shape index (κ2) is 7.40. The largest absolute Gasteiger partial charge is 0.370 e. The number of anilines is 2. The lowest BCUT2D eigenvalue weighted by atomic mass is 10.1. The minimum atomic E-state index is 0.599. The summed E-state index contributed by atoms with van der Waals surface area (Å²) in [6, 6.07) is 1.85. The lowest BCUT2D eigenvalue weighted by Gasteiger charge is -2.20. The Labute approximate surface area is 121 Å². The van der Waals surface area contributed by atoms with Crippen LogP contribution in [-0.4, -0.2) is 41.0 Å². The minimum Gasteiger partial charge on any atom is -0.370 e. The summed E-state index contributed by atoms with van der Waals surface area (Å²) < 4.78 is 0. The van der Waals surface area contributed by atoms with Gasteiger partial charge < -0.3 is 15.6 Å². The van der Waals surface area contributed by atoms with Gasteiger partial charge in [-0.05, 0) is 31.8 Å². The fourth-order valence-electron chi connectivity index (χ4n) is 2.57. The van der Waals surface area contributed by atoms with Gasteiger partial charge in [-0.15, -0.1) is 0 Å². The van der Waals surface area contributed by atoms with Crippen LogP contribution >= 0.6 is 0 Å². The zero-order valence-corrected chi connectivity index (χ0v) is 12.5. The third-order valence-electron chi connectivity index (χ3n) is 3.64. The number of hydrogen-bond acceptors (Lipinski definition) is 6. The molecule has 1 aliphatic rings. The SMILES string of the molecule is CCc1nc(NN)cc(NCC(C)CN2CCCC2)n1. The van der Waals surface area contributed by atoms with Gasteiger partial charge in [0.25, 0.3) is 0 Å². The lowest BCUT2D eigenvalue weighted by Crippen LogP contribution is -2.29. The molecule has 1 atom stereocenters. The molecular weight excluding hydrogens is 252 g/mol.